The Balaban J connectivity index is 1.65. The molecule has 1 aliphatic carbocycles. The summed E-state index contributed by atoms with van der Waals surface area (Å²) in [6.45, 7) is 2.11. The fourth-order valence-corrected chi connectivity index (χ4v) is 5.26. The third-order valence-corrected chi connectivity index (χ3v) is 7.07. The van der Waals surface area contributed by atoms with Crippen molar-refractivity contribution in [1.82, 2.24) is 0 Å². The lowest BCUT2D eigenvalue weighted by molar-refractivity contribution is -0.0696. The van der Waals surface area contributed by atoms with E-state index in [1.807, 2.05) is 0 Å². The molecule has 206 valence electrons. The Morgan fingerprint density at radius 1 is 0.667 bits per heavy atom. The topological polar surface area (TPSA) is 0 Å². The number of benzene rings is 3. The molecule has 0 unspecified atom stereocenters. The van der Waals surface area contributed by atoms with Crippen molar-refractivity contribution < 1.29 is 39.5 Å². The van der Waals surface area contributed by atoms with Crippen molar-refractivity contribution in [2.75, 3.05) is 0 Å². The molecule has 0 spiro atoms. The summed E-state index contributed by atoms with van der Waals surface area (Å²) in [5.74, 6) is -5.30. The number of halogens is 9. The lowest BCUT2D eigenvalue weighted by Gasteiger charge is -2.29. The van der Waals surface area contributed by atoms with E-state index in [9.17, 15) is 30.7 Å². The third kappa shape index (κ3) is 6.43. The summed E-state index contributed by atoms with van der Waals surface area (Å²) < 4.78 is 125. The SMILES string of the molecule is CCCC1CCC(c2cc(F)c(-c3cc(F)c(-c4cc(F)c(C#CC(F)(F)F)c(F)c4)c(F)c3)c(F)c2)CC1. The monoisotopic (exact) mass is 554 g/mol. The minimum Gasteiger partial charge on any atom is -0.206 e. The van der Waals surface area contributed by atoms with Crippen molar-refractivity contribution in [2.24, 2.45) is 5.92 Å². The first-order valence-corrected chi connectivity index (χ1v) is 12.5. The van der Waals surface area contributed by atoms with Crippen LogP contribution in [0.25, 0.3) is 22.3 Å². The lowest BCUT2D eigenvalue weighted by atomic mass is 9.77. The lowest BCUT2D eigenvalue weighted by Crippen LogP contribution is -2.13. The molecule has 1 fully saturated rings. The third-order valence-electron chi connectivity index (χ3n) is 7.07. The van der Waals surface area contributed by atoms with Gasteiger partial charge in [0, 0.05) is 5.92 Å². The van der Waals surface area contributed by atoms with Crippen LogP contribution in [0.1, 0.15) is 62.5 Å². The Labute approximate surface area is 219 Å². The van der Waals surface area contributed by atoms with Crippen molar-refractivity contribution in [3.8, 4) is 34.1 Å². The molecule has 0 radical (unpaired) electrons. The largest absolute Gasteiger partial charge is 0.458 e. The molecule has 1 saturated carbocycles. The summed E-state index contributed by atoms with van der Waals surface area (Å²) in [5, 5.41) is 0. The van der Waals surface area contributed by atoms with Gasteiger partial charge in [-0.25, -0.2) is 26.3 Å². The summed E-state index contributed by atoms with van der Waals surface area (Å²) in [6, 6.07) is 4.44. The summed E-state index contributed by atoms with van der Waals surface area (Å²) in [6.07, 6.45) is 0.657. The molecule has 0 bridgehead atoms. The molecular weight excluding hydrogens is 531 g/mol. The van der Waals surface area contributed by atoms with Crippen LogP contribution in [0.5, 0.6) is 0 Å². The molecule has 0 amide bonds. The maximum atomic E-state index is 15.1. The molecular formula is C30H23F9. The van der Waals surface area contributed by atoms with Gasteiger partial charge in [-0.2, -0.15) is 13.2 Å². The highest BCUT2D eigenvalue weighted by Crippen LogP contribution is 2.40. The zero-order valence-corrected chi connectivity index (χ0v) is 20.8. The molecule has 3 aromatic carbocycles. The van der Waals surface area contributed by atoms with Crippen molar-refractivity contribution in [3.05, 3.63) is 82.4 Å². The summed E-state index contributed by atoms with van der Waals surface area (Å²) >= 11 is 0. The molecule has 0 nitrogen and oxygen atoms in total. The van der Waals surface area contributed by atoms with Gasteiger partial charge in [0.15, 0.2) is 0 Å². The number of hydrogen-bond donors (Lipinski definition) is 0. The highest BCUT2D eigenvalue weighted by molar-refractivity contribution is 5.73. The molecule has 39 heavy (non-hydrogen) atoms. The molecule has 0 aliphatic heterocycles. The molecule has 1 aliphatic rings. The first-order chi connectivity index (χ1) is 18.4. The Bertz CT molecular complexity index is 1370. The Morgan fingerprint density at radius 2 is 1.10 bits per heavy atom. The van der Waals surface area contributed by atoms with E-state index in [0.717, 1.165) is 44.4 Å². The van der Waals surface area contributed by atoms with Gasteiger partial charge in [0.2, 0.25) is 0 Å². The highest BCUT2D eigenvalue weighted by atomic mass is 19.4. The quantitative estimate of drug-likeness (QED) is 0.218. The second-order valence-electron chi connectivity index (χ2n) is 9.74. The standard InChI is InChI=1S/C30H23F9/c1-2-3-16-4-6-17(7-5-16)18-10-24(33)29(25(34)11-18)20-14-26(35)28(27(36)15-20)19-12-22(31)21(23(32)13-19)8-9-30(37,38)39/h10-17H,2-7H2,1H3. The second kappa shape index (κ2) is 11.4. The van der Waals surface area contributed by atoms with E-state index < -0.39 is 68.9 Å². The van der Waals surface area contributed by atoms with Crippen molar-refractivity contribution >= 4 is 0 Å². The van der Waals surface area contributed by atoms with Crippen LogP contribution in [-0.2, 0) is 0 Å². The maximum absolute atomic E-state index is 15.1. The maximum Gasteiger partial charge on any atom is 0.458 e. The fraction of sp³-hybridized carbons (Fsp3) is 0.333. The Morgan fingerprint density at radius 3 is 1.54 bits per heavy atom. The normalized spacial score (nSPS) is 17.6. The molecule has 0 N–H and O–H groups in total. The molecule has 4 rings (SSSR count). The zero-order chi connectivity index (χ0) is 28.5. The van der Waals surface area contributed by atoms with Gasteiger partial charge in [0.05, 0.1) is 16.7 Å². The first kappa shape index (κ1) is 28.6. The molecule has 3 aromatic rings. The predicted molar refractivity (Wildman–Crippen MR) is 130 cm³/mol. The minimum atomic E-state index is -5.01. The van der Waals surface area contributed by atoms with Gasteiger partial charge in [-0.1, -0.05) is 25.7 Å². The summed E-state index contributed by atoms with van der Waals surface area (Å²) in [4.78, 5) is 0. The summed E-state index contributed by atoms with van der Waals surface area (Å²) in [5.41, 5.74) is -3.46. The van der Waals surface area contributed by atoms with E-state index in [-0.39, 0.29) is 5.92 Å². The Hall–Kier alpha value is -3.41. The van der Waals surface area contributed by atoms with Gasteiger partial charge in [-0.3, -0.25) is 0 Å². The molecule has 9 heteroatoms. The van der Waals surface area contributed by atoms with Crippen molar-refractivity contribution in [3.63, 3.8) is 0 Å². The molecule has 0 aromatic heterocycles. The van der Waals surface area contributed by atoms with E-state index in [1.54, 1.807) is 0 Å². The Kier molecular flexibility index (Phi) is 8.34. The average molecular weight is 554 g/mol. The van der Waals surface area contributed by atoms with E-state index in [1.165, 1.54) is 18.1 Å². The minimum absolute atomic E-state index is 0.0272. The summed E-state index contributed by atoms with van der Waals surface area (Å²) in [7, 11) is 0. The van der Waals surface area contributed by atoms with Crippen LogP contribution in [0.15, 0.2) is 36.4 Å². The van der Waals surface area contributed by atoms with Gasteiger partial charge < -0.3 is 0 Å². The van der Waals surface area contributed by atoms with Crippen LogP contribution in [0, 0.1) is 52.7 Å². The van der Waals surface area contributed by atoms with Gasteiger partial charge in [-0.05, 0) is 90.6 Å². The second-order valence-corrected chi connectivity index (χ2v) is 9.74. The van der Waals surface area contributed by atoms with Crippen LogP contribution < -0.4 is 0 Å². The van der Waals surface area contributed by atoms with Gasteiger partial charge in [-0.15, -0.1) is 0 Å². The van der Waals surface area contributed by atoms with E-state index in [0.29, 0.717) is 35.7 Å². The van der Waals surface area contributed by atoms with Gasteiger partial charge in [0.25, 0.3) is 0 Å². The molecule has 0 saturated heterocycles. The van der Waals surface area contributed by atoms with Crippen LogP contribution in [0.2, 0.25) is 0 Å². The van der Waals surface area contributed by atoms with Crippen molar-refractivity contribution in [1.29, 1.82) is 0 Å². The van der Waals surface area contributed by atoms with Gasteiger partial charge >= 0.3 is 6.18 Å². The zero-order valence-electron chi connectivity index (χ0n) is 20.8. The average Bonchev–Trinajstić information content (AvgIpc) is 2.82. The first-order valence-electron chi connectivity index (χ1n) is 12.5. The predicted octanol–water partition coefficient (Wildman–Crippen LogP) is 9.84. The van der Waals surface area contributed by atoms with E-state index in [2.05, 4.69) is 6.92 Å². The number of alkyl halides is 3. The van der Waals surface area contributed by atoms with Crippen molar-refractivity contribution in [2.45, 2.75) is 57.5 Å². The highest BCUT2D eigenvalue weighted by Gasteiger charge is 2.26. The van der Waals surface area contributed by atoms with Gasteiger partial charge in [0.1, 0.15) is 34.9 Å². The van der Waals surface area contributed by atoms with E-state index in [4.69, 9.17) is 0 Å². The number of hydrogen-bond acceptors (Lipinski definition) is 0. The van der Waals surface area contributed by atoms with Crippen LogP contribution in [0.4, 0.5) is 39.5 Å². The molecule has 0 atom stereocenters. The fourth-order valence-electron chi connectivity index (χ4n) is 5.26. The van der Waals surface area contributed by atoms with E-state index >= 15 is 8.78 Å². The smallest absolute Gasteiger partial charge is 0.206 e. The van der Waals surface area contributed by atoms with Crippen LogP contribution in [0.3, 0.4) is 0 Å². The van der Waals surface area contributed by atoms with Crippen LogP contribution >= 0.6 is 0 Å². The molecule has 0 heterocycles. The number of rotatable bonds is 5. The van der Waals surface area contributed by atoms with Crippen LogP contribution in [-0.4, -0.2) is 6.18 Å².